The zero-order valence-corrected chi connectivity index (χ0v) is 12.1. The molecule has 108 valence electrons. The summed E-state index contributed by atoms with van der Waals surface area (Å²) >= 11 is 0. The lowest BCUT2D eigenvalue weighted by molar-refractivity contribution is -0.132. The maximum Gasteiger partial charge on any atom is 0.261 e. The van der Waals surface area contributed by atoms with Crippen molar-refractivity contribution in [1.82, 2.24) is 4.90 Å². The quantitative estimate of drug-likeness (QED) is 0.684. The van der Waals surface area contributed by atoms with Gasteiger partial charge in [-0.3, -0.25) is 4.79 Å². The highest BCUT2D eigenvalue weighted by molar-refractivity contribution is 5.78. The monoisotopic (exact) mass is 275 g/mol. The summed E-state index contributed by atoms with van der Waals surface area (Å²) in [5.74, 6) is 1.06. The van der Waals surface area contributed by atoms with Gasteiger partial charge in [0.25, 0.3) is 5.91 Å². The van der Waals surface area contributed by atoms with E-state index in [1.54, 1.807) is 30.2 Å². The minimum atomic E-state index is -0.118. The van der Waals surface area contributed by atoms with Crippen LogP contribution in [0.4, 0.5) is 0 Å². The van der Waals surface area contributed by atoms with Gasteiger partial charge < -0.3 is 14.4 Å². The van der Waals surface area contributed by atoms with Crippen LogP contribution in [-0.4, -0.2) is 37.6 Å². The SMILES string of the molecule is C=CCN(CC=C)C(=O)COc1ccc(C)cc1OC. The first-order valence-electron chi connectivity index (χ1n) is 6.39. The van der Waals surface area contributed by atoms with Crippen LogP contribution in [0.25, 0.3) is 0 Å². The highest BCUT2D eigenvalue weighted by Gasteiger charge is 2.13. The molecule has 0 saturated carbocycles. The molecule has 0 fully saturated rings. The van der Waals surface area contributed by atoms with E-state index in [4.69, 9.17) is 9.47 Å². The summed E-state index contributed by atoms with van der Waals surface area (Å²) in [7, 11) is 1.57. The molecular formula is C16H21NO3. The lowest BCUT2D eigenvalue weighted by Crippen LogP contribution is -2.35. The minimum absolute atomic E-state index is 0.0406. The summed E-state index contributed by atoms with van der Waals surface area (Å²) in [5.41, 5.74) is 1.07. The van der Waals surface area contributed by atoms with Gasteiger partial charge in [-0.1, -0.05) is 18.2 Å². The van der Waals surface area contributed by atoms with Crippen molar-refractivity contribution in [2.24, 2.45) is 0 Å². The molecule has 0 aliphatic heterocycles. The summed E-state index contributed by atoms with van der Waals surface area (Å²) in [6, 6.07) is 5.57. The van der Waals surface area contributed by atoms with Crippen LogP contribution in [0.5, 0.6) is 11.5 Å². The Labute approximate surface area is 120 Å². The lowest BCUT2D eigenvalue weighted by Gasteiger charge is -2.19. The number of rotatable bonds is 8. The zero-order chi connectivity index (χ0) is 15.0. The molecule has 0 atom stereocenters. The third-order valence-electron chi connectivity index (χ3n) is 2.72. The number of carbonyl (C=O) groups excluding carboxylic acids is 1. The molecule has 0 N–H and O–H groups in total. The van der Waals surface area contributed by atoms with Crippen molar-refractivity contribution < 1.29 is 14.3 Å². The van der Waals surface area contributed by atoms with Crippen molar-refractivity contribution >= 4 is 5.91 Å². The number of benzene rings is 1. The van der Waals surface area contributed by atoms with E-state index >= 15 is 0 Å². The van der Waals surface area contributed by atoms with Crippen LogP contribution in [0.3, 0.4) is 0 Å². The summed E-state index contributed by atoms with van der Waals surface area (Å²) in [6.07, 6.45) is 3.35. The predicted molar refractivity (Wildman–Crippen MR) is 80.2 cm³/mol. The van der Waals surface area contributed by atoms with E-state index in [0.29, 0.717) is 24.6 Å². The number of hydrogen-bond donors (Lipinski definition) is 0. The number of amides is 1. The third-order valence-corrected chi connectivity index (χ3v) is 2.72. The fraction of sp³-hybridized carbons (Fsp3) is 0.312. The first kappa shape index (κ1) is 15.8. The number of aryl methyl sites for hydroxylation is 1. The number of carbonyl (C=O) groups is 1. The average molecular weight is 275 g/mol. The largest absolute Gasteiger partial charge is 0.493 e. The van der Waals surface area contributed by atoms with Crippen LogP contribution < -0.4 is 9.47 Å². The number of nitrogens with zero attached hydrogens (tertiary/aromatic N) is 1. The molecule has 0 aromatic heterocycles. The van der Waals surface area contributed by atoms with E-state index in [0.717, 1.165) is 5.56 Å². The minimum Gasteiger partial charge on any atom is -0.493 e. The maximum absolute atomic E-state index is 12.0. The van der Waals surface area contributed by atoms with E-state index in [9.17, 15) is 4.79 Å². The molecule has 0 spiro atoms. The molecule has 0 bridgehead atoms. The average Bonchev–Trinajstić information content (AvgIpc) is 2.45. The van der Waals surface area contributed by atoms with Crippen molar-refractivity contribution in [1.29, 1.82) is 0 Å². The van der Waals surface area contributed by atoms with E-state index < -0.39 is 0 Å². The molecule has 20 heavy (non-hydrogen) atoms. The smallest absolute Gasteiger partial charge is 0.261 e. The zero-order valence-electron chi connectivity index (χ0n) is 12.1. The van der Waals surface area contributed by atoms with Crippen molar-refractivity contribution in [3.8, 4) is 11.5 Å². The Kier molecular flexibility index (Phi) is 6.37. The highest BCUT2D eigenvalue weighted by atomic mass is 16.5. The second kappa shape index (κ2) is 8.04. The molecule has 1 amide bonds. The Hall–Kier alpha value is -2.23. The molecule has 1 aromatic carbocycles. The van der Waals surface area contributed by atoms with E-state index in [-0.39, 0.29) is 12.5 Å². The molecule has 4 heteroatoms. The van der Waals surface area contributed by atoms with Crippen LogP contribution in [0.1, 0.15) is 5.56 Å². The second-order valence-electron chi connectivity index (χ2n) is 4.32. The molecule has 0 heterocycles. The molecule has 0 aliphatic carbocycles. The Morgan fingerprint density at radius 1 is 1.25 bits per heavy atom. The van der Waals surface area contributed by atoms with Gasteiger partial charge >= 0.3 is 0 Å². The fourth-order valence-electron chi connectivity index (χ4n) is 1.71. The highest BCUT2D eigenvalue weighted by Crippen LogP contribution is 2.27. The third kappa shape index (κ3) is 4.46. The summed E-state index contributed by atoms with van der Waals surface area (Å²) < 4.78 is 10.8. The standard InChI is InChI=1S/C16H21NO3/c1-5-9-17(10-6-2)16(18)12-20-14-8-7-13(3)11-15(14)19-4/h5-8,11H,1-2,9-10,12H2,3-4H3. The van der Waals surface area contributed by atoms with Crippen LogP contribution in [-0.2, 0) is 4.79 Å². The van der Waals surface area contributed by atoms with Gasteiger partial charge in [0.2, 0.25) is 0 Å². The van der Waals surface area contributed by atoms with E-state index in [1.165, 1.54) is 0 Å². The Balaban J connectivity index is 2.68. The van der Waals surface area contributed by atoms with Gasteiger partial charge in [-0.25, -0.2) is 0 Å². The van der Waals surface area contributed by atoms with Crippen molar-refractivity contribution in [2.75, 3.05) is 26.8 Å². The summed E-state index contributed by atoms with van der Waals surface area (Å²) in [5, 5.41) is 0. The van der Waals surface area contributed by atoms with Gasteiger partial charge in [-0.05, 0) is 24.6 Å². The van der Waals surface area contributed by atoms with Crippen LogP contribution in [0.15, 0.2) is 43.5 Å². The van der Waals surface area contributed by atoms with Gasteiger partial charge in [-0.2, -0.15) is 0 Å². The van der Waals surface area contributed by atoms with E-state index in [1.807, 2.05) is 19.1 Å². The van der Waals surface area contributed by atoms with Crippen molar-refractivity contribution in [3.05, 3.63) is 49.1 Å². The topological polar surface area (TPSA) is 38.8 Å². The molecule has 0 aliphatic rings. The Bertz CT molecular complexity index is 473. The summed E-state index contributed by atoms with van der Waals surface area (Å²) in [4.78, 5) is 13.6. The predicted octanol–water partition coefficient (Wildman–Crippen LogP) is 2.58. The first-order valence-corrected chi connectivity index (χ1v) is 6.39. The molecule has 4 nitrogen and oxygen atoms in total. The van der Waals surface area contributed by atoms with E-state index in [2.05, 4.69) is 13.2 Å². The van der Waals surface area contributed by atoms with Crippen LogP contribution in [0.2, 0.25) is 0 Å². The molecule has 1 aromatic rings. The van der Waals surface area contributed by atoms with Gasteiger partial charge in [0.05, 0.1) is 7.11 Å². The second-order valence-corrected chi connectivity index (χ2v) is 4.32. The fourth-order valence-corrected chi connectivity index (χ4v) is 1.71. The molecule has 0 unspecified atom stereocenters. The lowest BCUT2D eigenvalue weighted by atomic mass is 10.2. The number of ether oxygens (including phenoxy) is 2. The van der Waals surface area contributed by atoms with Crippen LogP contribution >= 0.6 is 0 Å². The van der Waals surface area contributed by atoms with Gasteiger partial charge in [0.1, 0.15) is 0 Å². The maximum atomic E-state index is 12.0. The van der Waals surface area contributed by atoms with Gasteiger partial charge in [0, 0.05) is 13.1 Å². The van der Waals surface area contributed by atoms with Gasteiger partial charge in [0.15, 0.2) is 18.1 Å². The molecule has 1 rings (SSSR count). The molecular weight excluding hydrogens is 254 g/mol. The Morgan fingerprint density at radius 3 is 2.45 bits per heavy atom. The van der Waals surface area contributed by atoms with Crippen molar-refractivity contribution in [2.45, 2.75) is 6.92 Å². The summed E-state index contributed by atoms with van der Waals surface area (Å²) in [6.45, 7) is 10.1. The normalized spacial score (nSPS) is 9.70. The number of methoxy groups -OCH3 is 1. The molecule has 0 radical (unpaired) electrons. The van der Waals surface area contributed by atoms with Gasteiger partial charge in [-0.15, -0.1) is 13.2 Å². The first-order chi connectivity index (χ1) is 9.62. The van der Waals surface area contributed by atoms with Crippen molar-refractivity contribution in [3.63, 3.8) is 0 Å². The Morgan fingerprint density at radius 2 is 1.90 bits per heavy atom. The van der Waals surface area contributed by atoms with Crippen LogP contribution in [0, 0.1) is 6.92 Å². The molecule has 0 saturated heterocycles. The number of hydrogen-bond acceptors (Lipinski definition) is 3.